The fourth-order valence-electron chi connectivity index (χ4n) is 4.88. The normalized spacial score (nSPS) is 14.9. The number of hydrogen-bond donors (Lipinski definition) is 15. The van der Waals surface area contributed by atoms with Gasteiger partial charge < -0.3 is 80.0 Å². The van der Waals surface area contributed by atoms with E-state index in [9.17, 15) is 68.4 Å². The van der Waals surface area contributed by atoms with Crippen molar-refractivity contribution in [2.45, 2.75) is 115 Å². The standard InChI is InChI=1S/C33H57N11O15/c1-14(2)10-20(42-27(53)17(34)13-45)30(56)44-25(16(4)46)31(57)38-12-22(47)40-18(6-5-9-37-33(35)36)28(54)43-21(11-24(50)51)29(55)39-15(3)26(52)41-19(32(58)59)7-8-23(48)49/h14-21,25,45-46H,5-13,34H2,1-4H3,(H,38,57)(H,39,55)(H,40,47)(H,41,52)(H,42,53)(H,43,54)(H,44,56)(H,48,49)(H,50,51)(H,58,59)(H4,35,36,37)/t15-,16+,17-,18-,19-,20-,21-,25-/m0/s1. The summed E-state index contributed by atoms with van der Waals surface area (Å²) in [5.74, 6) is -12.1. The van der Waals surface area contributed by atoms with E-state index in [1.807, 2.05) is 0 Å². The van der Waals surface area contributed by atoms with E-state index in [1.54, 1.807) is 13.8 Å². The minimum absolute atomic E-state index is 0.0374. The highest BCUT2D eigenvalue weighted by atomic mass is 16.4. The van der Waals surface area contributed by atoms with Crippen LogP contribution in [-0.4, -0.2) is 159 Å². The Morgan fingerprint density at radius 1 is 0.644 bits per heavy atom. The Bertz CT molecular complexity index is 1540. The first-order chi connectivity index (χ1) is 27.4. The third-order valence-electron chi connectivity index (χ3n) is 7.98. The molecule has 59 heavy (non-hydrogen) atoms. The fourth-order valence-corrected chi connectivity index (χ4v) is 4.88. The highest BCUT2D eigenvalue weighted by Crippen LogP contribution is 2.08. The minimum atomic E-state index is -1.87. The van der Waals surface area contributed by atoms with E-state index in [0.717, 1.165) is 13.8 Å². The molecule has 0 spiro atoms. The van der Waals surface area contributed by atoms with Crippen LogP contribution in [0.1, 0.15) is 66.2 Å². The minimum Gasteiger partial charge on any atom is -0.481 e. The van der Waals surface area contributed by atoms with Gasteiger partial charge in [-0.2, -0.15) is 0 Å². The number of carbonyl (C=O) groups is 10. The molecule has 0 aliphatic carbocycles. The molecule has 18 N–H and O–H groups in total. The highest BCUT2D eigenvalue weighted by Gasteiger charge is 2.33. The van der Waals surface area contributed by atoms with E-state index in [0.29, 0.717) is 0 Å². The molecule has 0 saturated carbocycles. The number of rotatable bonds is 28. The molecule has 0 heterocycles. The lowest BCUT2D eigenvalue weighted by Gasteiger charge is -2.26. The van der Waals surface area contributed by atoms with Crippen LogP contribution in [0.2, 0.25) is 0 Å². The van der Waals surface area contributed by atoms with Gasteiger partial charge in [0, 0.05) is 13.0 Å². The van der Waals surface area contributed by atoms with Gasteiger partial charge in [0.25, 0.3) is 0 Å². The summed E-state index contributed by atoms with van der Waals surface area (Å²) in [6, 6.07) is -10.8. The van der Waals surface area contributed by atoms with E-state index in [-0.39, 0.29) is 37.7 Å². The van der Waals surface area contributed by atoms with Crippen molar-refractivity contribution in [3.63, 3.8) is 0 Å². The van der Waals surface area contributed by atoms with E-state index in [2.05, 4.69) is 42.2 Å². The number of aliphatic carboxylic acids is 3. The second-order valence-electron chi connectivity index (χ2n) is 13.7. The Hall–Kier alpha value is -6.15. The lowest BCUT2D eigenvalue weighted by molar-refractivity contribution is -0.144. The molecule has 0 rings (SSSR count). The molecule has 334 valence electrons. The topological polar surface area (TPSA) is 446 Å². The molecule has 0 saturated heterocycles. The summed E-state index contributed by atoms with van der Waals surface area (Å²) in [4.78, 5) is 128. The van der Waals surface area contributed by atoms with E-state index < -0.39 is 140 Å². The number of nitrogens with zero attached hydrogens (tertiary/aromatic N) is 1. The van der Waals surface area contributed by atoms with Crippen molar-refractivity contribution in [1.29, 1.82) is 0 Å². The molecule has 0 aromatic rings. The summed E-state index contributed by atoms with van der Waals surface area (Å²) in [6.45, 7) is 4.14. The first-order valence-electron chi connectivity index (χ1n) is 18.2. The van der Waals surface area contributed by atoms with Gasteiger partial charge in [-0.1, -0.05) is 13.8 Å². The van der Waals surface area contributed by atoms with Gasteiger partial charge in [0.1, 0.15) is 42.3 Å². The fraction of sp³-hybridized carbons (Fsp3) is 0.667. The molecular weight excluding hydrogens is 790 g/mol. The Labute approximate surface area is 338 Å². The summed E-state index contributed by atoms with van der Waals surface area (Å²) in [5, 5.41) is 62.5. The SMILES string of the molecule is CC(C)C[C@H](NC(=O)[C@@H](N)CO)C(=O)N[C@H](C(=O)NCC(=O)N[C@@H](CCCN=C(N)N)C(=O)N[C@@H](CC(=O)O)C(=O)N[C@@H](C)C(=O)N[C@@H](CCC(=O)O)C(=O)O)[C@@H](C)O. The first-order valence-corrected chi connectivity index (χ1v) is 18.2. The lowest BCUT2D eigenvalue weighted by atomic mass is 10.0. The summed E-state index contributed by atoms with van der Waals surface area (Å²) >= 11 is 0. The average Bonchev–Trinajstić information content (AvgIpc) is 3.13. The summed E-state index contributed by atoms with van der Waals surface area (Å²) in [5.41, 5.74) is 16.2. The number of aliphatic hydroxyl groups is 2. The first kappa shape index (κ1) is 52.8. The Morgan fingerprint density at radius 3 is 1.71 bits per heavy atom. The summed E-state index contributed by atoms with van der Waals surface area (Å²) in [6.07, 6.45) is -3.77. The zero-order valence-electron chi connectivity index (χ0n) is 33.1. The molecule has 0 unspecified atom stereocenters. The Balaban J connectivity index is 5.96. The molecule has 0 aromatic carbocycles. The van der Waals surface area contributed by atoms with Crippen LogP contribution in [0.3, 0.4) is 0 Å². The zero-order valence-corrected chi connectivity index (χ0v) is 33.1. The smallest absolute Gasteiger partial charge is 0.326 e. The highest BCUT2D eigenvalue weighted by molar-refractivity contribution is 5.97. The predicted molar refractivity (Wildman–Crippen MR) is 203 cm³/mol. The van der Waals surface area contributed by atoms with Crippen LogP contribution in [0.15, 0.2) is 4.99 Å². The van der Waals surface area contributed by atoms with Gasteiger partial charge in [0.05, 0.1) is 25.7 Å². The van der Waals surface area contributed by atoms with Gasteiger partial charge in [-0.3, -0.25) is 48.1 Å². The molecule has 0 aromatic heterocycles. The van der Waals surface area contributed by atoms with Crippen LogP contribution in [0.4, 0.5) is 0 Å². The van der Waals surface area contributed by atoms with Crippen LogP contribution in [0, 0.1) is 5.92 Å². The third-order valence-corrected chi connectivity index (χ3v) is 7.98. The number of amides is 7. The van der Waals surface area contributed by atoms with E-state index in [4.69, 9.17) is 22.3 Å². The van der Waals surface area contributed by atoms with Gasteiger partial charge in [0.2, 0.25) is 41.4 Å². The van der Waals surface area contributed by atoms with E-state index >= 15 is 0 Å². The second kappa shape index (κ2) is 26.7. The van der Waals surface area contributed by atoms with Crippen LogP contribution < -0.4 is 54.4 Å². The quantitative estimate of drug-likeness (QED) is 0.0198. The molecule has 0 aliphatic heterocycles. The van der Waals surface area contributed by atoms with Crippen molar-refractivity contribution in [3.8, 4) is 0 Å². The number of hydrogen-bond acceptors (Lipinski definition) is 14. The van der Waals surface area contributed by atoms with Crippen molar-refractivity contribution < 1.29 is 73.5 Å². The second-order valence-corrected chi connectivity index (χ2v) is 13.7. The monoisotopic (exact) mass is 847 g/mol. The largest absolute Gasteiger partial charge is 0.481 e. The van der Waals surface area contributed by atoms with Crippen molar-refractivity contribution in [2.24, 2.45) is 28.1 Å². The maximum atomic E-state index is 13.4. The van der Waals surface area contributed by atoms with Crippen LogP contribution in [0.5, 0.6) is 0 Å². The molecule has 7 amide bonds. The van der Waals surface area contributed by atoms with Gasteiger partial charge in [-0.05, 0) is 45.4 Å². The summed E-state index contributed by atoms with van der Waals surface area (Å²) < 4.78 is 0. The van der Waals surface area contributed by atoms with Gasteiger partial charge in [0.15, 0.2) is 5.96 Å². The van der Waals surface area contributed by atoms with Crippen molar-refractivity contribution in [3.05, 3.63) is 0 Å². The number of nitrogens with two attached hydrogens (primary N) is 3. The van der Waals surface area contributed by atoms with Crippen LogP contribution >= 0.6 is 0 Å². The number of carboxylic acid groups (broad SMARTS) is 3. The molecule has 0 bridgehead atoms. The van der Waals surface area contributed by atoms with Crippen molar-refractivity contribution in [2.75, 3.05) is 19.7 Å². The zero-order chi connectivity index (χ0) is 45.6. The van der Waals surface area contributed by atoms with Gasteiger partial charge in [-0.25, -0.2) is 4.79 Å². The van der Waals surface area contributed by atoms with E-state index in [1.165, 1.54) is 0 Å². The number of aliphatic hydroxyl groups excluding tert-OH is 2. The number of aliphatic imine (C=N–C) groups is 1. The molecule has 0 aliphatic rings. The third kappa shape index (κ3) is 21.8. The molecule has 0 fully saturated rings. The number of nitrogens with one attached hydrogen (secondary N) is 7. The Kier molecular flexibility index (Phi) is 23.9. The van der Waals surface area contributed by atoms with Crippen molar-refractivity contribution >= 4 is 65.2 Å². The van der Waals surface area contributed by atoms with Crippen LogP contribution in [-0.2, 0) is 47.9 Å². The van der Waals surface area contributed by atoms with Gasteiger partial charge in [-0.15, -0.1) is 0 Å². The van der Waals surface area contributed by atoms with Gasteiger partial charge >= 0.3 is 17.9 Å². The van der Waals surface area contributed by atoms with Crippen LogP contribution in [0.25, 0.3) is 0 Å². The molecule has 0 radical (unpaired) electrons. The lowest BCUT2D eigenvalue weighted by Crippen LogP contribution is -2.60. The maximum Gasteiger partial charge on any atom is 0.326 e. The predicted octanol–water partition coefficient (Wildman–Crippen LogP) is -6.74. The molecule has 26 heteroatoms. The average molecular weight is 848 g/mol. The number of guanidine groups is 1. The number of carboxylic acids is 3. The maximum absolute atomic E-state index is 13.4. The summed E-state index contributed by atoms with van der Waals surface area (Å²) in [7, 11) is 0. The number of carbonyl (C=O) groups excluding carboxylic acids is 7. The molecule has 8 atom stereocenters. The Morgan fingerprint density at radius 2 is 1.20 bits per heavy atom. The molecule has 26 nitrogen and oxygen atoms in total. The molecular formula is C33H57N11O15. The van der Waals surface area contributed by atoms with Crippen molar-refractivity contribution in [1.82, 2.24) is 37.2 Å².